The molecule has 0 unspecified atom stereocenters. The van der Waals surface area contributed by atoms with Gasteiger partial charge in [0.25, 0.3) is 0 Å². The van der Waals surface area contributed by atoms with E-state index in [9.17, 15) is 4.79 Å². The minimum absolute atomic E-state index is 0.147. The first kappa shape index (κ1) is 17.5. The summed E-state index contributed by atoms with van der Waals surface area (Å²) in [6, 6.07) is 5.50. The highest BCUT2D eigenvalue weighted by Crippen LogP contribution is 2.32. The Balaban J connectivity index is 3.05. The van der Waals surface area contributed by atoms with Crippen molar-refractivity contribution >= 4 is 5.78 Å². The molecule has 0 heterocycles. The monoisotopic (exact) mass is 292 g/mol. The van der Waals surface area contributed by atoms with Crippen molar-refractivity contribution in [1.29, 1.82) is 0 Å². The molecule has 0 fully saturated rings. The third-order valence-electron chi connectivity index (χ3n) is 3.63. The predicted molar refractivity (Wildman–Crippen MR) is 86.4 cm³/mol. The Labute approximate surface area is 128 Å². The van der Waals surface area contributed by atoms with Crippen molar-refractivity contribution in [2.24, 2.45) is 5.41 Å². The summed E-state index contributed by atoms with van der Waals surface area (Å²) in [5.74, 6) is 1.53. The van der Waals surface area contributed by atoms with Crippen LogP contribution in [-0.2, 0) is 0 Å². The molecule has 0 amide bonds. The third kappa shape index (κ3) is 4.76. The molecule has 118 valence electrons. The molecule has 0 N–H and O–H groups in total. The average molecular weight is 292 g/mol. The Morgan fingerprint density at radius 3 is 2.10 bits per heavy atom. The van der Waals surface area contributed by atoms with E-state index in [1.165, 1.54) is 0 Å². The van der Waals surface area contributed by atoms with Crippen molar-refractivity contribution in [2.75, 3.05) is 13.2 Å². The van der Waals surface area contributed by atoms with Crippen LogP contribution in [0.4, 0.5) is 0 Å². The Bertz CT molecular complexity index is 464. The van der Waals surface area contributed by atoms with Gasteiger partial charge in [0.05, 0.1) is 13.2 Å². The van der Waals surface area contributed by atoms with Gasteiger partial charge in [-0.05, 0) is 37.5 Å². The molecule has 3 heteroatoms. The van der Waals surface area contributed by atoms with E-state index in [0.717, 1.165) is 25.0 Å². The summed E-state index contributed by atoms with van der Waals surface area (Å²) >= 11 is 0. The number of ketones is 1. The topological polar surface area (TPSA) is 35.5 Å². The number of carbonyl (C=O) groups is 1. The predicted octanol–water partition coefficient (Wildman–Crippen LogP) is 4.88. The molecule has 0 bridgehead atoms. The average Bonchev–Trinajstić information content (AvgIpc) is 2.50. The smallest absolute Gasteiger partial charge is 0.168 e. The van der Waals surface area contributed by atoms with Crippen LogP contribution in [0.2, 0.25) is 0 Å². The molecule has 0 saturated heterocycles. The summed E-state index contributed by atoms with van der Waals surface area (Å²) in [4.78, 5) is 12.6. The van der Waals surface area contributed by atoms with Gasteiger partial charge in [0, 0.05) is 11.0 Å². The molecule has 21 heavy (non-hydrogen) atoms. The molecule has 0 aliphatic rings. The van der Waals surface area contributed by atoms with Crippen LogP contribution in [0.25, 0.3) is 0 Å². The van der Waals surface area contributed by atoms with Gasteiger partial charge in [-0.1, -0.05) is 34.6 Å². The fourth-order valence-corrected chi connectivity index (χ4v) is 1.86. The molecule has 1 aromatic rings. The highest BCUT2D eigenvalue weighted by Gasteiger charge is 2.27. The number of rotatable bonds is 9. The van der Waals surface area contributed by atoms with Gasteiger partial charge in [-0.15, -0.1) is 0 Å². The Hall–Kier alpha value is -1.51. The second kappa shape index (κ2) is 8.06. The highest BCUT2D eigenvalue weighted by atomic mass is 16.5. The van der Waals surface area contributed by atoms with Gasteiger partial charge in [0.15, 0.2) is 17.3 Å². The maximum absolute atomic E-state index is 12.6. The van der Waals surface area contributed by atoms with Crippen molar-refractivity contribution in [3.8, 4) is 11.5 Å². The summed E-state index contributed by atoms with van der Waals surface area (Å²) in [7, 11) is 0. The van der Waals surface area contributed by atoms with Crippen LogP contribution in [0.15, 0.2) is 18.2 Å². The zero-order chi connectivity index (χ0) is 15.9. The first-order valence-electron chi connectivity index (χ1n) is 7.90. The first-order chi connectivity index (χ1) is 9.96. The fraction of sp³-hybridized carbons (Fsp3) is 0.611. The molecule has 0 aromatic heterocycles. The van der Waals surface area contributed by atoms with Crippen LogP contribution in [0, 0.1) is 5.41 Å². The molecular weight excluding hydrogens is 264 g/mol. The minimum Gasteiger partial charge on any atom is -0.490 e. The Kier molecular flexibility index (Phi) is 6.73. The van der Waals surface area contributed by atoms with Gasteiger partial charge < -0.3 is 9.47 Å². The lowest BCUT2D eigenvalue weighted by Gasteiger charge is -2.21. The lowest BCUT2D eigenvalue weighted by atomic mass is 9.82. The van der Waals surface area contributed by atoms with Gasteiger partial charge in [-0.3, -0.25) is 4.79 Å². The largest absolute Gasteiger partial charge is 0.490 e. The zero-order valence-corrected chi connectivity index (χ0v) is 14.0. The molecule has 1 rings (SSSR count). The maximum Gasteiger partial charge on any atom is 0.168 e. The van der Waals surface area contributed by atoms with E-state index in [4.69, 9.17) is 9.47 Å². The van der Waals surface area contributed by atoms with Crippen LogP contribution in [0.5, 0.6) is 11.5 Å². The quantitative estimate of drug-likeness (QED) is 0.608. The Morgan fingerprint density at radius 2 is 1.57 bits per heavy atom. The van der Waals surface area contributed by atoms with Crippen LogP contribution >= 0.6 is 0 Å². The van der Waals surface area contributed by atoms with E-state index < -0.39 is 0 Å². The van der Waals surface area contributed by atoms with E-state index in [0.29, 0.717) is 24.5 Å². The van der Waals surface area contributed by atoms with Crippen molar-refractivity contribution in [3.63, 3.8) is 0 Å². The number of carbonyl (C=O) groups excluding carboxylic acids is 1. The number of ether oxygens (including phenoxy) is 2. The van der Waals surface area contributed by atoms with Crippen molar-refractivity contribution in [2.45, 2.75) is 53.9 Å². The third-order valence-corrected chi connectivity index (χ3v) is 3.63. The molecule has 0 atom stereocenters. The molecular formula is C18H28O3. The molecule has 0 radical (unpaired) electrons. The van der Waals surface area contributed by atoms with Gasteiger partial charge in [0.2, 0.25) is 0 Å². The lowest BCUT2D eigenvalue weighted by molar-refractivity contribution is 0.0832. The van der Waals surface area contributed by atoms with Gasteiger partial charge in [0.1, 0.15) is 0 Å². The van der Waals surface area contributed by atoms with Crippen LogP contribution < -0.4 is 9.47 Å². The van der Waals surface area contributed by atoms with Crippen molar-refractivity contribution < 1.29 is 14.3 Å². The van der Waals surface area contributed by atoms with Crippen molar-refractivity contribution in [1.82, 2.24) is 0 Å². The molecule has 0 saturated carbocycles. The van der Waals surface area contributed by atoms with Crippen molar-refractivity contribution in [3.05, 3.63) is 23.8 Å². The van der Waals surface area contributed by atoms with Crippen LogP contribution in [0.1, 0.15) is 64.2 Å². The standard InChI is InChI=1S/C18H28O3/c1-6-11-20-15-10-9-14(13-16(15)21-12-7-2)17(19)18(4,5)8-3/h9-10,13H,6-8,11-12H2,1-5H3. The van der Waals surface area contributed by atoms with E-state index in [-0.39, 0.29) is 11.2 Å². The molecule has 1 aromatic carbocycles. The number of Topliss-reactive ketones (excluding diaryl/α,β-unsaturated/α-hetero) is 1. The van der Waals surface area contributed by atoms with E-state index >= 15 is 0 Å². The van der Waals surface area contributed by atoms with Crippen LogP contribution in [0.3, 0.4) is 0 Å². The molecule has 3 nitrogen and oxygen atoms in total. The first-order valence-corrected chi connectivity index (χ1v) is 7.90. The number of hydrogen-bond acceptors (Lipinski definition) is 3. The van der Waals surface area contributed by atoms with Gasteiger partial charge in [-0.25, -0.2) is 0 Å². The fourth-order valence-electron chi connectivity index (χ4n) is 1.86. The number of benzene rings is 1. The second-order valence-electron chi connectivity index (χ2n) is 5.92. The summed E-state index contributed by atoms with van der Waals surface area (Å²) < 4.78 is 11.4. The molecule has 0 spiro atoms. The molecule has 0 aliphatic carbocycles. The van der Waals surface area contributed by atoms with E-state index in [1.54, 1.807) is 0 Å². The summed E-state index contributed by atoms with van der Waals surface area (Å²) in [5, 5.41) is 0. The highest BCUT2D eigenvalue weighted by molar-refractivity contribution is 6.00. The lowest BCUT2D eigenvalue weighted by Crippen LogP contribution is -2.23. The van der Waals surface area contributed by atoms with E-state index in [2.05, 4.69) is 13.8 Å². The Morgan fingerprint density at radius 1 is 1.00 bits per heavy atom. The van der Waals surface area contributed by atoms with E-state index in [1.807, 2.05) is 39.0 Å². The zero-order valence-electron chi connectivity index (χ0n) is 14.0. The minimum atomic E-state index is -0.353. The summed E-state index contributed by atoms with van der Waals surface area (Å²) in [6.45, 7) is 11.4. The van der Waals surface area contributed by atoms with Gasteiger partial charge in [-0.2, -0.15) is 0 Å². The van der Waals surface area contributed by atoms with Gasteiger partial charge >= 0.3 is 0 Å². The summed E-state index contributed by atoms with van der Waals surface area (Å²) in [6.07, 6.45) is 2.67. The number of hydrogen-bond donors (Lipinski definition) is 0. The van der Waals surface area contributed by atoms with Crippen LogP contribution in [-0.4, -0.2) is 19.0 Å². The normalized spacial score (nSPS) is 11.3. The second-order valence-corrected chi connectivity index (χ2v) is 5.92. The summed E-state index contributed by atoms with van der Waals surface area (Å²) in [5.41, 5.74) is 0.338. The molecule has 0 aliphatic heterocycles. The maximum atomic E-state index is 12.6. The SMILES string of the molecule is CCCOc1ccc(C(=O)C(C)(C)CC)cc1OCCC.